The third kappa shape index (κ3) is 3.87. The van der Waals surface area contributed by atoms with Crippen LogP contribution < -0.4 is 0 Å². The monoisotopic (exact) mass is 302 g/mol. The van der Waals surface area contributed by atoms with E-state index in [9.17, 15) is 4.79 Å². The summed E-state index contributed by atoms with van der Waals surface area (Å²) >= 11 is 0. The molecule has 0 radical (unpaired) electrons. The lowest BCUT2D eigenvalue weighted by atomic mass is 10.1. The van der Waals surface area contributed by atoms with E-state index in [1.807, 2.05) is 32.4 Å². The highest BCUT2D eigenvalue weighted by Crippen LogP contribution is 2.23. The first-order chi connectivity index (χ1) is 10.2. The molecule has 0 bridgehead atoms. The van der Waals surface area contributed by atoms with Crippen molar-refractivity contribution in [2.24, 2.45) is 0 Å². The summed E-state index contributed by atoms with van der Waals surface area (Å²) in [7, 11) is 0. The molecule has 0 aliphatic heterocycles. The number of hydrogen-bond donors (Lipinski definition) is 0. The van der Waals surface area contributed by atoms with E-state index in [1.165, 1.54) is 5.39 Å². The van der Waals surface area contributed by atoms with E-state index in [1.54, 1.807) is 0 Å². The standard InChI is InChI=1S/C18H26N2O2/c1-12(2)20-16-11-14(7-9-15(16)13(3)19-20)8-10-17(21)22-18(4,5)6/h7,9,11-12H,8,10H2,1-6H3. The Hall–Kier alpha value is -1.84. The van der Waals surface area contributed by atoms with Crippen molar-refractivity contribution >= 4 is 16.9 Å². The molecule has 0 aliphatic rings. The Bertz CT molecular complexity index is 678. The summed E-state index contributed by atoms with van der Waals surface area (Å²) < 4.78 is 7.40. The average molecular weight is 302 g/mol. The van der Waals surface area contributed by atoms with Crippen LogP contribution in [0, 0.1) is 6.92 Å². The molecule has 0 saturated carbocycles. The van der Waals surface area contributed by atoms with Crippen LogP contribution in [0.3, 0.4) is 0 Å². The van der Waals surface area contributed by atoms with Gasteiger partial charge in [0, 0.05) is 17.8 Å². The quantitative estimate of drug-likeness (QED) is 0.795. The molecule has 2 rings (SSSR count). The highest BCUT2D eigenvalue weighted by molar-refractivity contribution is 5.82. The van der Waals surface area contributed by atoms with Crippen LogP contribution in [-0.4, -0.2) is 21.4 Å². The van der Waals surface area contributed by atoms with Gasteiger partial charge >= 0.3 is 5.97 Å². The Kier molecular flexibility index (Phi) is 4.59. The molecule has 4 heteroatoms. The number of rotatable bonds is 4. The number of esters is 1. The molecule has 4 nitrogen and oxygen atoms in total. The van der Waals surface area contributed by atoms with Crippen molar-refractivity contribution in [3.8, 4) is 0 Å². The number of carbonyl (C=O) groups is 1. The lowest BCUT2D eigenvalue weighted by molar-refractivity contribution is -0.154. The minimum Gasteiger partial charge on any atom is -0.460 e. The number of nitrogens with zero attached hydrogens (tertiary/aromatic N) is 2. The smallest absolute Gasteiger partial charge is 0.306 e. The molecule has 0 aliphatic carbocycles. The van der Waals surface area contributed by atoms with E-state index in [0.29, 0.717) is 18.9 Å². The SMILES string of the molecule is Cc1nn(C(C)C)c2cc(CCC(=O)OC(C)(C)C)ccc12. The fourth-order valence-electron chi connectivity index (χ4n) is 2.53. The maximum Gasteiger partial charge on any atom is 0.306 e. The first-order valence-corrected chi connectivity index (χ1v) is 7.87. The third-order valence-corrected chi connectivity index (χ3v) is 3.48. The van der Waals surface area contributed by atoms with E-state index in [0.717, 1.165) is 16.8 Å². The van der Waals surface area contributed by atoms with Gasteiger partial charge in [0.1, 0.15) is 5.60 Å². The topological polar surface area (TPSA) is 44.1 Å². The van der Waals surface area contributed by atoms with Crippen LogP contribution in [0.1, 0.15) is 58.3 Å². The van der Waals surface area contributed by atoms with Gasteiger partial charge in [-0.1, -0.05) is 12.1 Å². The Morgan fingerprint density at radius 1 is 1.32 bits per heavy atom. The Labute approximate surface area is 132 Å². The summed E-state index contributed by atoms with van der Waals surface area (Å²) in [6.45, 7) is 11.9. The van der Waals surface area contributed by atoms with Crippen LogP contribution in [0.15, 0.2) is 18.2 Å². The summed E-state index contributed by atoms with van der Waals surface area (Å²) in [5.41, 5.74) is 2.89. The summed E-state index contributed by atoms with van der Waals surface area (Å²) in [5, 5.41) is 5.77. The molecule has 0 atom stereocenters. The number of aromatic nitrogens is 2. The fourth-order valence-corrected chi connectivity index (χ4v) is 2.53. The van der Waals surface area contributed by atoms with Gasteiger partial charge < -0.3 is 4.74 Å². The van der Waals surface area contributed by atoms with Crippen molar-refractivity contribution < 1.29 is 9.53 Å². The zero-order valence-corrected chi connectivity index (χ0v) is 14.4. The molecule has 0 unspecified atom stereocenters. The maximum atomic E-state index is 11.8. The molecule has 0 amide bonds. The van der Waals surface area contributed by atoms with Crippen molar-refractivity contribution in [1.29, 1.82) is 0 Å². The van der Waals surface area contributed by atoms with Gasteiger partial charge in [-0.2, -0.15) is 5.10 Å². The van der Waals surface area contributed by atoms with Crippen LogP contribution in [0.5, 0.6) is 0 Å². The van der Waals surface area contributed by atoms with Crippen LogP contribution in [0.25, 0.3) is 10.9 Å². The minimum atomic E-state index is -0.422. The molecule has 0 N–H and O–H groups in total. The molecule has 1 aromatic carbocycles. The second kappa shape index (κ2) is 6.11. The summed E-state index contributed by atoms with van der Waals surface area (Å²) in [6, 6.07) is 6.63. The second-order valence-electron chi connectivity index (χ2n) is 7.06. The number of hydrogen-bond acceptors (Lipinski definition) is 3. The van der Waals surface area contributed by atoms with E-state index >= 15 is 0 Å². The van der Waals surface area contributed by atoms with Crippen molar-refractivity contribution in [3.05, 3.63) is 29.5 Å². The van der Waals surface area contributed by atoms with E-state index in [-0.39, 0.29) is 5.97 Å². The fraction of sp³-hybridized carbons (Fsp3) is 0.556. The number of benzene rings is 1. The van der Waals surface area contributed by atoms with E-state index < -0.39 is 5.60 Å². The van der Waals surface area contributed by atoms with Crippen molar-refractivity contribution in [1.82, 2.24) is 9.78 Å². The van der Waals surface area contributed by atoms with Crippen LogP contribution >= 0.6 is 0 Å². The lowest BCUT2D eigenvalue weighted by Crippen LogP contribution is -2.24. The van der Waals surface area contributed by atoms with Gasteiger partial charge in [-0.3, -0.25) is 9.48 Å². The molecule has 120 valence electrons. The van der Waals surface area contributed by atoms with Crippen molar-refractivity contribution in [2.75, 3.05) is 0 Å². The summed E-state index contributed by atoms with van der Waals surface area (Å²) in [5.74, 6) is -0.152. The van der Waals surface area contributed by atoms with Gasteiger partial charge in [-0.25, -0.2) is 0 Å². The summed E-state index contributed by atoms with van der Waals surface area (Å²) in [6.07, 6.45) is 1.09. The zero-order chi connectivity index (χ0) is 16.5. The Morgan fingerprint density at radius 3 is 2.59 bits per heavy atom. The predicted octanol–water partition coefficient (Wildman–Crippen LogP) is 4.20. The van der Waals surface area contributed by atoms with Crippen molar-refractivity contribution in [3.63, 3.8) is 0 Å². The van der Waals surface area contributed by atoms with Gasteiger partial charge in [-0.15, -0.1) is 0 Å². The molecule has 0 saturated heterocycles. The number of carbonyl (C=O) groups excluding carboxylic acids is 1. The van der Waals surface area contributed by atoms with Crippen LogP contribution in [0.4, 0.5) is 0 Å². The average Bonchev–Trinajstić information content (AvgIpc) is 2.72. The molecular weight excluding hydrogens is 276 g/mol. The maximum absolute atomic E-state index is 11.8. The highest BCUT2D eigenvalue weighted by atomic mass is 16.6. The van der Waals surface area contributed by atoms with Gasteiger partial charge in [-0.05, 0) is 59.6 Å². The number of aryl methyl sites for hydroxylation is 2. The molecular formula is C18H26N2O2. The first-order valence-electron chi connectivity index (χ1n) is 7.87. The number of ether oxygens (including phenoxy) is 1. The third-order valence-electron chi connectivity index (χ3n) is 3.48. The Morgan fingerprint density at radius 2 is 2.00 bits per heavy atom. The van der Waals surface area contributed by atoms with Crippen molar-refractivity contribution in [2.45, 2.75) is 66.0 Å². The molecule has 22 heavy (non-hydrogen) atoms. The normalized spacial score (nSPS) is 12.1. The molecule has 1 aromatic heterocycles. The predicted molar refractivity (Wildman–Crippen MR) is 89.0 cm³/mol. The number of fused-ring (bicyclic) bond motifs is 1. The highest BCUT2D eigenvalue weighted by Gasteiger charge is 2.16. The van der Waals surface area contributed by atoms with E-state index in [2.05, 4.69) is 37.1 Å². The largest absolute Gasteiger partial charge is 0.460 e. The summed E-state index contributed by atoms with van der Waals surface area (Å²) in [4.78, 5) is 11.8. The van der Waals surface area contributed by atoms with Crippen LogP contribution in [0.2, 0.25) is 0 Å². The van der Waals surface area contributed by atoms with Gasteiger partial charge in [0.2, 0.25) is 0 Å². The lowest BCUT2D eigenvalue weighted by Gasteiger charge is -2.19. The first kappa shape index (κ1) is 16.5. The van der Waals surface area contributed by atoms with Gasteiger partial charge in [0.15, 0.2) is 0 Å². The second-order valence-corrected chi connectivity index (χ2v) is 7.06. The minimum absolute atomic E-state index is 0.152. The molecule has 0 spiro atoms. The molecule has 2 aromatic rings. The van der Waals surface area contributed by atoms with Crippen LogP contribution in [-0.2, 0) is 16.0 Å². The van der Waals surface area contributed by atoms with E-state index in [4.69, 9.17) is 4.74 Å². The zero-order valence-electron chi connectivity index (χ0n) is 14.4. The molecule has 0 fully saturated rings. The van der Waals surface area contributed by atoms with Gasteiger partial charge in [0.05, 0.1) is 11.2 Å². The Balaban J connectivity index is 2.16. The molecule has 1 heterocycles. The van der Waals surface area contributed by atoms with Gasteiger partial charge in [0.25, 0.3) is 0 Å².